The summed E-state index contributed by atoms with van der Waals surface area (Å²) in [5, 5.41) is 0. The van der Waals surface area contributed by atoms with Gasteiger partial charge in [0.25, 0.3) is 0 Å². The van der Waals surface area contributed by atoms with E-state index in [4.69, 9.17) is 9.47 Å². The van der Waals surface area contributed by atoms with Crippen molar-refractivity contribution in [2.45, 2.75) is 40.5 Å². The van der Waals surface area contributed by atoms with E-state index in [9.17, 15) is 4.79 Å². The van der Waals surface area contributed by atoms with Crippen molar-refractivity contribution in [3.05, 3.63) is 57.1 Å². The second-order valence-electron chi connectivity index (χ2n) is 6.38. The predicted molar refractivity (Wildman–Crippen MR) is 100 cm³/mol. The van der Waals surface area contributed by atoms with Gasteiger partial charge in [-0.15, -0.1) is 0 Å². The molecule has 24 heavy (non-hydrogen) atoms. The minimum Gasteiger partial charge on any atom is -0.482 e. The van der Waals surface area contributed by atoms with E-state index in [1.54, 1.807) is 0 Å². The van der Waals surface area contributed by atoms with Crippen molar-refractivity contribution >= 4 is 21.9 Å². The molecule has 0 saturated carbocycles. The average molecular weight is 391 g/mol. The van der Waals surface area contributed by atoms with Crippen LogP contribution in [0.3, 0.4) is 0 Å². The fourth-order valence-corrected chi connectivity index (χ4v) is 2.90. The molecule has 0 heterocycles. The van der Waals surface area contributed by atoms with Gasteiger partial charge in [-0.1, -0.05) is 35.8 Å². The highest BCUT2D eigenvalue weighted by Crippen LogP contribution is 2.32. The summed E-state index contributed by atoms with van der Waals surface area (Å²) in [5.74, 6) is 1.17. The van der Waals surface area contributed by atoms with Gasteiger partial charge in [-0.2, -0.15) is 0 Å². The Kier molecular flexibility index (Phi) is 6.05. The summed E-state index contributed by atoms with van der Waals surface area (Å²) in [6.45, 7) is 10.0. The summed E-state index contributed by atoms with van der Waals surface area (Å²) in [6.07, 6.45) is 0. The lowest BCUT2D eigenvalue weighted by Gasteiger charge is -2.16. The van der Waals surface area contributed by atoms with Crippen LogP contribution in [0.15, 0.2) is 34.8 Å². The molecule has 0 aliphatic carbocycles. The lowest BCUT2D eigenvalue weighted by atomic mass is 10.0. The topological polar surface area (TPSA) is 35.5 Å². The highest BCUT2D eigenvalue weighted by Gasteiger charge is 2.13. The molecule has 0 bridgehead atoms. The average Bonchev–Trinajstić information content (AvgIpc) is 2.46. The first-order valence-corrected chi connectivity index (χ1v) is 8.77. The summed E-state index contributed by atoms with van der Waals surface area (Å²) in [7, 11) is 0. The quantitative estimate of drug-likeness (QED) is 0.500. The van der Waals surface area contributed by atoms with Gasteiger partial charge in [0.15, 0.2) is 6.61 Å². The largest absolute Gasteiger partial charge is 0.482 e. The highest BCUT2D eigenvalue weighted by molar-refractivity contribution is 9.10. The van der Waals surface area contributed by atoms with Crippen LogP contribution in [0.4, 0.5) is 0 Å². The highest BCUT2D eigenvalue weighted by atomic mass is 79.9. The Bertz CT molecular complexity index is 731. The van der Waals surface area contributed by atoms with E-state index in [1.807, 2.05) is 51.1 Å². The molecular weight excluding hydrogens is 368 g/mol. The Balaban J connectivity index is 2.07. The fourth-order valence-electron chi connectivity index (χ4n) is 2.54. The maximum absolute atomic E-state index is 12.1. The molecule has 4 heteroatoms. The van der Waals surface area contributed by atoms with Gasteiger partial charge in [0.1, 0.15) is 11.5 Å². The summed E-state index contributed by atoms with van der Waals surface area (Å²) in [5.41, 5.74) is 4.25. The Morgan fingerprint density at radius 3 is 2.25 bits per heavy atom. The van der Waals surface area contributed by atoms with Crippen LogP contribution in [0.2, 0.25) is 0 Å². The van der Waals surface area contributed by atoms with Crippen molar-refractivity contribution in [1.82, 2.24) is 0 Å². The molecule has 0 aliphatic heterocycles. The Hall–Kier alpha value is -1.81. The molecule has 0 aromatic heterocycles. The first-order chi connectivity index (χ1) is 11.3. The number of hydrogen-bond donors (Lipinski definition) is 0. The van der Waals surface area contributed by atoms with E-state index < -0.39 is 5.97 Å². The number of esters is 1. The number of aryl methyl sites for hydroxylation is 3. The van der Waals surface area contributed by atoms with Crippen molar-refractivity contribution in [1.29, 1.82) is 0 Å². The third kappa shape index (κ3) is 4.84. The van der Waals surface area contributed by atoms with Gasteiger partial charge in [-0.3, -0.25) is 0 Å². The van der Waals surface area contributed by atoms with Gasteiger partial charge in [-0.25, -0.2) is 4.79 Å². The first-order valence-electron chi connectivity index (χ1n) is 7.98. The molecule has 0 aliphatic rings. The van der Waals surface area contributed by atoms with E-state index in [0.29, 0.717) is 11.7 Å². The van der Waals surface area contributed by atoms with Crippen molar-refractivity contribution in [2.75, 3.05) is 6.61 Å². The van der Waals surface area contributed by atoms with Crippen LogP contribution in [-0.4, -0.2) is 12.6 Å². The minimum absolute atomic E-state index is 0.117. The van der Waals surface area contributed by atoms with Gasteiger partial charge >= 0.3 is 5.97 Å². The molecule has 2 rings (SSSR count). The monoisotopic (exact) mass is 390 g/mol. The predicted octanol–water partition coefficient (Wildman–Crippen LogP) is 5.48. The molecule has 0 saturated heterocycles. The van der Waals surface area contributed by atoms with Crippen LogP contribution in [-0.2, 0) is 4.79 Å². The third-order valence-corrected chi connectivity index (χ3v) is 4.54. The SMILES string of the molecule is Cc1cc(C)cc(OC(=O)COc2cc(C)c(Br)cc2C(C)C)c1. The number of halogens is 1. The van der Waals surface area contributed by atoms with Crippen molar-refractivity contribution in [3.63, 3.8) is 0 Å². The second kappa shape index (κ2) is 7.84. The van der Waals surface area contributed by atoms with E-state index in [1.165, 1.54) is 0 Å². The summed E-state index contributed by atoms with van der Waals surface area (Å²) < 4.78 is 12.2. The molecule has 0 unspecified atom stereocenters. The molecule has 2 aromatic rings. The zero-order valence-corrected chi connectivity index (χ0v) is 16.4. The number of benzene rings is 2. The molecule has 0 fully saturated rings. The third-order valence-electron chi connectivity index (χ3n) is 3.69. The van der Waals surface area contributed by atoms with Crippen LogP contribution >= 0.6 is 15.9 Å². The van der Waals surface area contributed by atoms with Crippen LogP contribution in [0.5, 0.6) is 11.5 Å². The molecule has 0 atom stereocenters. The fraction of sp³-hybridized carbons (Fsp3) is 0.350. The zero-order valence-electron chi connectivity index (χ0n) is 14.8. The van der Waals surface area contributed by atoms with Crippen LogP contribution in [0.1, 0.15) is 42.0 Å². The van der Waals surface area contributed by atoms with Gasteiger partial charge < -0.3 is 9.47 Å². The normalized spacial score (nSPS) is 10.8. The summed E-state index contributed by atoms with van der Waals surface area (Å²) in [6, 6.07) is 9.71. The van der Waals surface area contributed by atoms with Crippen LogP contribution in [0.25, 0.3) is 0 Å². The van der Waals surface area contributed by atoms with Crippen molar-refractivity contribution in [3.8, 4) is 11.5 Å². The Labute approximate surface area is 152 Å². The summed E-state index contributed by atoms with van der Waals surface area (Å²) in [4.78, 5) is 12.1. The standard InChI is InChI=1S/C20H23BrO3/c1-12(2)17-10-18(21)15(5)9-19(17)23-11-20(22)24-16-7-13(3)6-14(4)8-16/h6-10,12H,11H2,1-5H3. The van der Waals surface area contributed by atoms with Gasteiger partial charge in [0.05, 0.1) is 0 Å². The maximum Gasteiger partial charge on any atom is 0.349 e. The maximum atomic E-state index is 12.1. The second-order valence-corrected chi connectivity index (χ2v) is 7.23. The van der Waals surface area contributed by atoms with E-state index in [2.05, 4.69) is 29.8 Å². The van der Waals surface area contributed by atoms with Gasteiger partial charge in [0.2, 0.25) is 0 Å². The van der Waals surface area contributed by atoms with Gasteiger partial charge in [0, 0.05) is 4.47 Å². The number of ether oxygens (including phenoxy) is 2. The van der Waals surface area contributed by atoms with Crippen LogP contribution < -0.4 is 9.47 Å². The Morgan fingerprint density at radius 2 is 1.67 bits per heavy atom. The van der Waals surface area contributed by atoms with E-state index >= 15 is 0 Å². The molecule has 0 amide bonds. The number of carbonyl (C=O) groups is 1. The van der Waals surface area contributed by atoms with Gasteiger partial charge in [-0.05, 0) is 73.2 Å². The first kappa shape index (κ1) is 18.5. The van der Waals surface area contributed by atoms with Crippen molar-refractivity contribution in [2.24, 2.45) is 0 Å². The smallest absolute Gasteiger partial charge is 0.349 e. The lowest BCUT2D eigenvalue weighted by Crippen LogP contribution is -2.18. The molecule has 0 radical (unpaired) electrons. The van der Waals surface area contributed by atoms with E-state index in [0.717, 1.165) is 32.5 Å². The minimum atomic E-state index is -0.407. The molecule has 128 valence electrons. The molecular formula is C20H23BrO3. The lowest BCUT2D eigenvalue weighted by molar-refractivity contribution is -0.136. The summed E-state index contributed by atoms with van der Waals surface area (Å²) >= 11 is 3.54. The number of carbonyl (C=O) groups excluding carboxylic acids is 1. The molecule has 0 N–H and O–H groups in total. The molecule has 2 aromatic carbocycles. The molecule has 3 nitrogen and oxygen atoms in total. The van der Waals surface area contributed by atoms with Crippen molar-refractivity contribution < 1.29 is 14.3 Å². The zero-order chi connectivity index (χ0) is 17.9. The Morgan fingerprint density at radius 1 is 1.04 bits per heavy atom. The number of rotatable bonds is 5. The number of hydrogen-bond acceptors (Lipinski definition) is 3. The molecule has 0 spiro atoms. The van der Waals surface area contributed by atoms with E-state index in [-0.39, 0.29) is 6.61 Å². The van der Waals surface area contributed by atoms with Crippen LogP contribution in [0, 0.1) is 20.8 Å².